The summed E-state index contributed by atoms with van der Waals surface area (Å²) in [4.78, 5) is 16.2. The van der Waals surface area contributed by atoms with Gasteiger partial charge < -0.3 is 19.8 Å². The average molecular weight is 334 g/mol. The average Bonchev–Trinajstić information content (AvgIpc) is 3.13. The van der Waals surface area contributed by atoms with Gasteiger partial charge in [0.15, 0.2) is 11.5 Å². The molecule has 0 atom stereocenters. The van der Waals surface area contributed by atoms with Crippen LogP contribution < -0.4 is 14.8 Å². The Kier molecular flexibility index (Phi) is 2.89. The number of nitrogens with one attached hydrogen (secondary N) is 2. The highest BCUT2D eigenvalue weighted by Gasteiger charge is 2.51. The topological polar surface area (TPSA) is 63.4 Å². The molecule has 2 aromatic carbocycles. The molecule has 2 N–H and O–H groups in total. The lowest BCUT2D eigenvalue weighted by Gasteiger charge is -2.16. The highest BCUT2D eigenvalue weighted by Crippen LogP contribution is 2.51. The van der Waals surface area contributed by atoms with E-state index in [1.807, 2.05) is 43.3 Å². The third-order valence-corrected chi connectivity index (χ3v) is 5.12. The minimum absolute atomic E-state index is 0.0398. The normalized spacial score (nSPS) is 16.8. The Bertz CT molecular complexity index is 1000. The molecule has 3 aromatic rings. The highest BCUT2D eigenvalue weighted by atomic mass is 16.7. The summed E-state index contributed by atoms with van der Waals surface area (Å²) in [6.07, 6.45) is 1.70. The maximum Gasteiger partial charge on any atom is 0.235 e. The smallest absolute Gasteiger partial charge is 0.235 e. The van der Waals surface area contributed by atoms with Crippen LogP contribution in [0.25, 0.3) is 10.9 Å². The molecule has 5 rings (SSSR count). The van der Waals surface area contributed by atoms with Crippen molar-refractivity contribution >= 4 is 22.5 Å². The van der Waals surface area contributed by atoms with E-state index < -0.39 is 5.41 Å². The molecule has 0 radical (unpaired) electrons. The zero-order valence-electron chi connectivity index (χ0n) is 13.9. The second-order valence-electron chi connectivity index (χ2n) is 6.86. The number of fused-ring (bicyclic) bond motifs is 2. The number of hydrogen-bond donors (Lipinski definition) is 2. The summed E-state index contributed by atoms with van der Waals surface area (Å²) in [5, 5.41) is 4.19. The molecule has 0 spiro atoms. The fourth-order valence-electron chi connectivity index (χ4n) is 3.57. The fraction of sp³-hybridized carbons (Fsp3) is 0.250. The summed E-state index contributed by atoms with van der Waals surface area (Å²) in [5.74, 6) is 1.51. The third kappa shape index (κ3) is 2.27. The molecule has 1 aliphatic heterocycles. The number of carbonyl (C=O) groups excluding carboxylic acids is 1. The number of aromatic nitrogens is 1. The van der Waals surface area contributed by atoms with Gasteiger partial charge >= 0.3 is 0 Å². The predicted octanol–water partition coefficient (Wildman–Crippen LogP) is 3.88. The molecule has 25 heavy (non-hydrogen) atoms. The van der Waals surface area contributed by atoms with Gasteiger partial charge in [0.2, 0.25) is 12.7 Å². The number of benzene rings is 2. The van der Waals surface area contributed by atoms with Gasteiger partial charge in [0.1, 0.15) is 0 Å². The van der Waals surface area contributed by atoms with E-state index in [-0.39, 0.29) is 12.7 Å². The first kappa shape index (κ1) is 14.4. The number of hydrogen-bond acceptors (Lipinski definition) is 3. The van der Waals surface area contributed by atoms with Crippen molar-refractivity contribution in [2.45, 2.75) is 25.2 Å². The van der Waals surface area contributed by atoms with Crippen molar-refractivity contribution in [1.29, 1.82) is 0 Å². The van der Waals surface area contributed by atoms with Crippen molar-refractivity contribution < 1.29 is 14.3 Å². The van der Waals surface area contributed by atoms with Gasteiger partial charge in [0, 0.05) is 22.3 Å². The van der Waals surface area contributed by atoms with E-state index in [9.17, 15) is 4.79 Å². The van der Waals surface area contributed by atoms with Crippen LogP contribution in [0.1, 0.15) is 24.1 Å². The van der Waals surface area contributed by atoms with E-state index in [0.29, 0.717) is 0 Å². The third-order valence-electron chi connectivity index (χ3n) is 5.12. The molecule has 0 unspecified atom stereocenters. The first-order valence-electron chi connectivity index (χ1n) is 8.45. The number of amides is 1. The number of aryl methyl sites for hydroxylation is 1. The number of anilines is 1. The van der Waals surface area contributed by atoms with Crippen LogP contribution in [0.4, 0.5) is 5.69 Å². The summed E-state index contributed by atoms with van der Waals surface area (Å²) < 4.78 is 10.8. The van der Waals surface area contributed by atoms with E-state index in [0.717, 1.165) is 52.2 Å². The second-order valence-corrected chi connectivity index (χ2v) is 6.86. The van der Waals surface area contributed by atoms with E-state index in [1.165, 1.54) is 0 Å². The molecule has 2 heterocycles. The first-order valence-corrected chi connectivity index (χ1v) is 8.45. The Balaban J connectivity index is 1.42. The number of aromatic amines is 1. The molecule has 1 amide bonds. The SMILES string of the molecule is Cc1cc2cc(NC(=O)C3(c4ccc5c(c4)OCO5)CC3)ccc2[nH]1. The van der Waals surface area contributed by atoms with Crippen molar-refractivity contribution in [2.75, 3.05) is 12.1 Å². The van der Waals surface area contributed by atoms with E-state index in [4.69, 9.17) is 9.47 Å². The van der Waals surface area contributed by atoms with Gasteiger partial charge in [0.25, 0.3) is 0 Å². The lowest BCUT2D eigenvalue weighted by molar-refractivity contribution is -0.118. The van der Waals surface area contributed by atoms with Gasteiger partial charge in [-0.25, -0.2) is 0 Å². The van der Waals surface area contributed by atoms with E-state index >= 15 is 0 Å². The number of ether oxygens (including phenoxy) is 2. The van der Waals surface area contributed by atoms with Gasteiger partial charge in [-0.3, -0.25) is 4.79 Å². The van der Waals surface area contributed by atoms with Crippen molar-refractivity contribution in [2.24, 2.45) is 0 Å². The molecule has 0 saturated heterocycles. The lowest BCUT2D eigenvalue weighted by Crippen LogP contribution is -2.27. The quantitative estimate of drug-likeness (QED) is 0.764. The minimum atomic E-state index is -0.454. The molecule has 0 bridgehead atoms. The Morgan fingerprint density at radius 3 is 2.76 bits per heavy atom. The lowest BCUT2D eigenvalue weighted by atomic mass is 9.94. The number of rotatable bonds is 3. The Hall–Kier alpha value is -2.95. The van der Waals surface area contributed by atoms with E-state index in [2.05, 4.69) is 16.4 Å². The van der Waals surface area contributed by atoms with Crippen LogP contribution in [0, 0.1) is 6.92 Å². The van der Waals surface area contributed by atoms with Gasteiger partial charge in [-0.15, -0.1) is 0 Å². The zero-order chi connectivity index (χ0) is 17.0. The minimum Gasteiger partial charge on any atom is -0.454 e. The van der Waals surface area contributed by atoms with Crippen LogP contribution in [-0.2, 0) is 10.2 Å². The van der Waals surface area contributed by atoms with Gasteiger partial charge in [-0.2, -0.15) is 0 Å². The summed E-state index contributed by atoms with van der Waals surface area (Å²) >= 11 is 0. The molecule has 2 aliphatic rings. The monoisotopic (exact) mass is 334 g/mol. The van der Waals surface area contributed by atoms with Crippen LogP contribution in [0.5, 0.6) is 11.5 Å². The van der Waals surface area contributed by atoms with Crippen molar-refractivity contribution in [3.05, 3.63) is 53.7 Å². The van der Waals surface area contributed by atoms with E-state index in [1.54, 1.807) is 0 Å². The number of carbonyl (C=O) groups is 1. The maximum atomic E-state index is 12.9. The maximum absolute atomic E-state index is 12.9. The summed E-state index contributed by atoms with van der Waals surface area (Å²) in [6.45, 7) is 2.27. The van der Waals surface area contributed by atoms with Crippen LogP contribution in [0.15, 0.2) is 42.5 Å². The Labute approximate surface area is 144 Å². The molecule has 5 heteroatoms. The van der Waals surface area contributed by atoms with Gasteiger partial charge in [0.05, 0.1) is 5.41 Å². The van der Waals surface area contributed by atoms with Gasteiger partial charge in [-0.1, -0.05) is 6.07 Å². The molecule has 1 saturated carbocycles. The molecule has 1 fully saturated rings. The molecule has 1 aliphatic carbocycles. The summed E-state index contributed by atoms with van der Waals surface area (Å²) in [7, 11) is 0. The highest BCUT2D eigenvalue weighted by molar-refractivity contribution is 6.02. The summed E-state index contributed by atoms with van der Waals surface area (Å²) in [5.41, 5.74) is 3.55. The Morgan fingerprint density at radius 1 is 1.08 bits per heavy atom. The standard InChI is InChI=1S/C20H18N2O3/c1-12-8-13-9-15(3-4-16(13)21-12)22-19(23)20(6-7-20)14-2-5-17-18(10-14)25-11-24-17/h2-5,8-10,21H,6-7,11H2,1H3,(H,22,23). The van der Waals surface area contributed by atoms with Crippen molar-refractivity contribution in [3.8, 4) is 11.5 Å². The van der Waals surface area contributed by atoms with Gasteiger partial charge in [-0.05, 0) is 61.7 Å². The molecular formula is C20H18N2O3. The molecule has 5 nitrogen and oxygen atoms in total. The summed E-state index contributed by atoms with van der Waals surface area (Å²) in [6, 6.07) is 13.8. The van der Waals surface area contributed by atoms with Crippen LogP contribution in [0.3, 0.4) is 0 Å². The zero-order valence-corrected chi connectivity index (χ0v) is 13.9. The molecular weight excluding hydrogens is 316 g/mol. The second kappa shape index (κ2) is 5.02. The first-order chi connectivity index (χ1) is 12.1. The Morgan fingerprint density at radius 2 is 1.92 bits per heavy atom. The largest absolute Gasteiger partial charge is 0.454 e. The fourth-order valence-corrected chi connectivity index (χ4v) is 3.57. The molecule has 126 valence electrons. The van der Waals surface area contributed by atoms with Crippen molar-refractivity contribution in [3.63, 3.8) is 0 Å². The van der Waals surface area contributed by atoms with Crippen molar-refractivity contribution in [1.82, 2.24) is 4.98 Å². The molecule has 1 aromatic heterocycles. The van der Waals surface area contributed by atoms with Crippen LogP contribution in [-0.4, -0.2) is 17.7 Å². The number of H-pyrrole nitrogens is 1. The van der Waals surface area contributed by atoms with Crippen LogP contribution in [0.2, 0.25) is 0 Å². The van der Waals surface area contributed by atoms with Crippen LogP contribution >= 0.6 is 0 Å². The predicted molar refractivity (Wildman–Crippen MR) is 95.1 cm³/mol.